The molecular weight excluding hydrogens is 208 g/mol. The van der Waals surface area contributed by atoms with Crippen molar-refractivity contribution in [3.05, 3.63) is 29.3 Å². The number of hydrogen-bond acceptors (Lipinski definition) is 2. The molecule has 1 aromatic rings. The summed E-state index contributed by atoms with van der Waals surface area (Å²) in [7, 11) is 4.35. The van der Waals surface area contributed by atoms with Gasteiger partial charge in [0.05, 0.1) is 0 Å². The van der Waals surface area contributed by atoms with Gasteiger partial charge < -0.3 is 10.2 Å². The molecule has 2 atom stereocenters. The highest BCUT2D eigenvalue weighted by molar-refractivity contribution is 5.57. The van der Waals surface area contributed by atoms with Crippen molar-refractivity contribution in [1.82, 2.24) is 4.90 Å². The maximum atomic E-state index is 3.58. The van der Waals surface area contributed by atoms with Gasteiger partial charge in [0.2, 0.25) is 0 Å². The third kappa shape index (κ3) is 2.47. The fourth-order valence-electron chi connectivity index (χ4n) is 2.62. The molecule has 0 fully saturated rings. The van der Waals surface area contributed by atoms with Crippen molar-refractivity contribution >= 4 is 5.69 Å². The van der Waals surface area contributed by atoms with Crippen molar-refractivity contribution in [2.45, 2.75) is 45.2 Å². The average molecular weight is 232 g/mol. The van der Waals surface area contributed by atoms with Crippen LogP contribution in [0.5, 0.6) is 0 Å². The summed E-state index contributed by atoms with van der Waals surface area (Å²) in [6.07, 6.45) is 1.18. The molecule has 1 aliphatic rings. The van der Waals surface area contributed by atoms with E-state index in [1.165, 1.54) is 23.2 Å². The van der Waals surface area contributed by atoms with Crippen LogP contribution in [0, 0.1) is 0 Å². The Hall–Kier alpha value is -1.02. The molecular formula is C15H24N2. The zero-order valence-electron chi connectivity index (χ0n) is 11.6. The lowest BCUT2D eigenvalue weighted by Gasteiger charge is -2.35. The summed E-state index contributed by atoms with van der Waals surface area (Å²) in [5.41, 5.74) is 4.21. The Morgan fingerprint density at radius 1 is 1.29 bits per heavy atom. The molecule has 94 valence electrons. The van der Waals surface area contributed by atoms with E-state index in [2.05, 4.69) is 63.3 Å². The molecule has 0 saturated carbocycles. The quantitative estimate of drug-likeness (QED) is 0.838. The largest absolute Gasteiger partial charge is 0.382 e. The SMILES string of the molecule is CC1CC(N(C)C)c2cc(C(C)C)ccc2N1. The van der Waals surface area contributed by atoms with E-state index in [0.29, 0.717) is 18.0 Å². The normalized spacial score (nSPS) is 23.7. The molecule has 1 aromatic carbocycles. The van der Waals surface area contributed by atoms with Crippen molar-refractivity contribution in [1.29, 1.82) is 0 Å². The zero-order valence-corrected chi connectivity index (χ0v) is 11.6. The smallest absolute Gasteiger partial charge is 0.0391 e. The van der Waals surface area contributed by atoms with Crippen LogP contribution in [-0.2, 0) is 0 Å². The molecule has 2 rings (SSSR count). The second-order valence-electron chi connectivity index (χ2n) is 5.76. The second kappa shape index (κ2) is 4.69. The predicted octanol–water partition coefficient (Wildman–Crippen LogP) is 3.62. The second-order valence-corrected chi connectivity index (χ2v) is 5.76. The molecule has 0 aliphatic carbocycles. The van der Waals surface area contributed by atoms with E-state index < -0.39 is 0 Å². The van der Waals surface area contributed by atoms with Crippen molar-refractivity contribution < 1.29 is 0 Å². The first-order valence-electron chi connectivity index (χ1n) is 6.56. The molecule has 1 aliphatic heterocycles. The fourth-order valence-corrected chi connectivity index (χ4v) is 2.62. The zero-order chi connectivity index (χ0) is 12.6. The van der Waals surface area contributed by atoms with E-state index >= 15 is 0 Å². The van der Waals surface area contributed by atoms with Crippen LogP contribution in [0.15, 0.2) is 18.2 Å². The highest BCUT2D eigenvalue weighted by atomic mass is 15.1. The van der Waals surface area contributed by atoms with Crippen molar-refractivity contribution in [3.63, 3.8) is 0 Å². The van der Waals surface area contributed by atoms with Gasteiger partial charge in [-0.2, -0.15) is 0 Å². The summed E-state index contributed by atoms with van der Waals surface area (Å²) >= 11 is 0. The van der Waals surface area contributed by atoms with Gasteiger partial charge in [-0.1, -0.05) is 26.0 Å². The van der Waals surface area contributed by atoms with Gasteiger partial charge in [-0.25, -0.2) is 0 Å². The van der Waals surface area contributed by atoms with Crippen LogP contribution in [0.1, 0.15) is 50.3 Å². The highest BCUT2D eigenvalue weighted by Gasteiger charge is 2.25. The van der Waals surface area contributed by atoms with Gasteiger partial charge in [0.25, 0.3) is 0 Å². The van der Waals surface area contributed by atoms with Gasteiger partial charge in [0, 0.05) is 17.8 Å². The lowest BCUT2D eigenvalue weighted by atomic mass is 9.89. The first kappa shape index (κ1) is 12.4. The van der Waals surface area contributed by atoms with Gasteiger partial charge in [-0.15, -0.1) is 0 Å². The monoisotopic (exact) mass is 232 g/mol. The van der Waals surface area contributed by atoms with Crippen molar-refractivity contribution in [2.24, 2.45) is 0 Å². The van der Waals surface area contributed by atoms with E-state index in [-0.39, 0.29) is 0 Å². The summed E-state index contributed by atoms with van der Waals surface area (Å²) in [6.45, 7) is 6.77. The number of anilines is 1. The van der Waals surface area contributed by atoms with Gasteiger partial charge >= 0.3 is 0 Å². The first-order valence-corrected chi connectivity index (χ1v) is 6.56. The predicted molar refractivity (Wildman–Crippen MR) is 74.7 cm³/mol. The Bertz CT molecular complexity index is 396. The number of hydrogen-bond donors (Lipinski definition) is 1. The van der Waals surface area contributed by atoms with Crippen LogP contribution >= 0.6 is 0 Å². The Kier molecular flexibility index (Phi) is 3.43. The number of fused-ring (bicyclic) bond motifs is 1. The van der Waals surface area contributed by atoms with E-state index in [4.69, 9.17) is 0 Å². The summed E-state index contributed by atoms with van der Waals surface area (Å²) < 4.78 is 0. The molecule has 2 heteroatoms. The Labute approximate surface area is 105 Å². The molecule has 0 aromatic heterocycles. The van der Waals surface area contributed by atoms with E-state index in [1.54, 1.807) is 0 Å². The van der Waals surface area contributed by atoms with Gasteiger partial charge in [0.15, 0.2) is 0 Å². The van der Waals surface area contributed by atoms with Crippen LogP contribution in [0.4, 0.5) is 5.69 Å². The minimum atomic E-state index is 0.542. The van der Waals surface area contributed by atoms with Crippen LogP contribution in [0.25, 0.3) is 0 Å². The van der Waals surface area contributed by atoms with Gasteiger partial charge in [-0.05, 0) is 50.6 Å². The molecule has 1 heterocycles. The van der Waals surface area contributed by atoms with Crippen LogP contribution in [0.3, 0.4) is 0 Å². The molecule has 1 N–H and O–H groups in total. The Morgan fingerprint density at radius 3 is 2.59 bits per heavy atom. The van der Waals surface area contributed by atoms with Crippen LogP contribution in [0.2, 0.25) is 0 Å². The van der Waals surface area contributed by atoms with E-state index in [9.17, 15) is 0 Å². The van der Waals surface area contributed by atoms with Gasteiger partial charge in [-0.3, -0.25) is 0 Å². The Morgan fingerprint density at radius 2 is 2.00 bits per heavy atom. The summed E-state index contributed by atoms with van der Waals surface area (Å²) in [4.78, 5) is 2.33. The number of nitrogens with one attached hydrogen (secondary N) is 1. The summed E-state index contributed by atoms with van der Waals surface area (Å²) in [5, 5.41) is 3.58. The topological polar surface area (TPSA) is 15.3 Å². The maximum Gasteiger partial charge on any atom is 0.0391 e. The molecule has 0 spiro atoms. The lowest BCUT2D eigenvalue weighted by Crippen LogP contribution is -2.32. The van der Waals surface area contributed by atoms with E-state index in [0.717, 1.165) is 0 Å². The fraction of sp³-hybridized carbons (Fsp3) is 0.600. The highest BCUT2D eigenvalue weighted by Crippen LogP contribution is 2.36. The Balaban J connectivity index is 2.42. The minimum Gasteiger partial charge on any atom is -0.382 e. The van der Waals surface area contributed by atoms with Crippen LogP contribution in [-0.4, -0.2) is 25.0 Å². The molecule has 0 amide bonds. The maximum absolute atomic E-state index is 3.58. The van der Waals surface area contributed by atoms with Gasteiger partial charge in [0.1, 0.15) is 0 Å². The third-order valence-electron chi connectivity index (χ3n) is 3.70. The minimum absolute atomic E-state index is 0.542. The molecule has 0 radical (unpaired) electrons. The molecule has 2 unspecified atom stereocenters. The first-order chi connectivity index (χ1) is 7.99. The third-order valence-corrected chi connectivity index (χ3v) is 3.70. The number of benzene rings is 1. The van der Waals surface area contributed by atoms with E-state index in [1.807, 2.05) is 0 Å². The average Bonchev–Trinajstić information content (AvgIpc) is 2.26. The number of rotatable bonds is 2. The van der Waals surface area contributed by atoms with Crippen molar-refractivity contribution in [3.8, 4) is 0 Å². The van der Waals surface area contributed by atoms with Crippen molar-refractivity contribution in [2.75, 3.05) is 19.4 Å². The molecule has 0 bridgehead atoms. The standard InChI is InChI=1S/C15H24N2/c1-10(2)12-6-7-14-13(9-12)15(17(4)5)8-11(3)16-14/h6-7,9-11,15-16H,8H2,1-5H3. The van der Waals surface area contributed by atoms with Crippen LogP contribution < -0.4 is 5.32 Å². The molecule has 0 saturated heterocycles. The lowest BCUT2D eigenvalue weighted by molar-refractivity contribution is 0.270. The summed E-state index contributed by atoms with van der Waals surface area (Å²) in [5.74, 6) is 0.600. The molecule has 2 nitrogen and oxygen atoms in total. The number of nitrogens with zero attached hydrogens (tertiary/aromatic N) is 1. The summed E-state index contributed by atoms with van der Waals surface area (Å²) in [6, 6.07) is 7.97. The molecule has 17 heavy (non-hydrogen) atoms.